The van der Waals surface area contributed by atoms with Crippen LogP contribution in [0.15, 0.2) is 4.99 Å². The quantitative estimate of drug-likeness (QED) is 0.404. The monoisotopic (exact) mass is 271 g/mol. The summed E-state index contributed by atoms with van der Waals surface area (Å²) in [6.45, 7) is 2.87. The lowest BCUT2D eigenvalue weighted by atomic mass is 10.7. The van der Waals surface area contributed by atoms with Gasteiger partial charge >= 0.3 is 0 Å². The van der Waals surface area contributed by atoms with E-state index in [1.54, 1.807) is 0 Å². The Hall–Kier alpha value is 0. The van der Waals surface area contributed by atoms with E-state index < -0.39 is 0 Å². The first kappa shape index (κ1) is 13.6. The van der Waals surface area contributed by atoms with E-state index in [-0.39, 0.29) is 24.0 Å². The van der Waals surface area contributed by atoms with Gasteiger partial charge < -0.3 is 9.80 Å². The minimum atomic E-state index is 0. The molecule has 0 saturated carbocycles. The molecule has 0 aliphatic rings. The van der Waals surface area contributed by atoms with Gasteiger partial charge in [-0.05, 0) is 6.92 Å². The van der Waals surface area contributed by atoms with Crippen LogP contribution in [0, 0.1) is 0 Å². The van der Waals surface area contributed by atoms with Gasteiger partial charge in [-0.2, -0.15) is 0 Å². The van der Waals surface area contributed by atoms with E-state index in [1.165, 1.54) is 0 Å². The zero-order valence-electron chi connectivity index (χ0n) is 7.96. The van der Waals surface area contributed by atoms with Crippen LogP contribution in [-0.2, 0) is 0 Å². The second-order valence-electron chi connectivity index (χ2n) is 2.56. The molecule has 0 aromatic carbocycles. The van der Waals surface area contributed by atoms with Crippen LogP contribution in [0.4, 0.5) is 0 Å². The third-order valence-electron chi connectivity index (χ3n) is 1.10. The van der Waals surface area contributed by atoms with E-state index in [0.29, 0.717) is 0 Å². The fraction of sp³-hybridized carbons (Fsp3) is 0.857. The van der Waals surface area contributed by atoms with Crippen LogP contribution < -0.4 is 0 Å². The first-order valence-electron chi connectivity index (χ1n) is 3.48. The molecule has 4 heteroatoms. The van der Waals surface area contributed by atoms with Crippen molar-refractivity contribution in [2.24, 2.45) is 4.99 Å². The summed E-state index contributed by atoms with van der Waals surface area (Å²) in [5.74, 6) is 1.02. The van der Waals surface area contributed by atoms with Crippen LogP contribution in [0.2, 0.25) is 0 Å². The van der Waals surface area contributed by atoms with Crippen LogP contribution in [0.1, 0.15) is 6.92 Å². The molecule has 0 fully saturated rings. The minimum Gasteiger partial charge on any atom is -0.349 e. The smallest absolute Gasteiger partial charge is 0.195 e. The van der Waals surface area contributed by atoms with Gasteiger partial charge in [-0.15, -0.1) is 24.0 Å². The van der Waals surface area contributed by atoms with E-state index in [0.717, 1.165) is 12.5 Å². The highest BCUT2D eigenvalue weighted by atomic mass is 127. The van der Waals surface area contributed by atoms with Gasteiger partial charge in [0, 0.05) is 34.7 Å². The Morgan fingerprint density at radius 2 is 1.45 bits per heavy atom. The third kappa shape index (κ3) is 5.29. The van der Waals surface area contributed by atoms with E-state index in [2.05, 4.69) is 4.99 Å². The van der Waals surface area contributed by atoms with Crippen LogP contribution in [0.25, 0.3) is 0 Å². The number of rotatable bonds is 1. The Morgan fingerprint density at radius 1 is 1.09 bits per heavy atom. The van der Waals surface area contributed by atoms with Crippen molar-refractivity contribution in [1.29, 1.82) is 0 Å². The fourth-order valence-electron chi connectivity index (χ4n) is 0.824. The van der Waals surface area contributed by atoms with Gasteiger partial charge in [-0.1, -0.05) is 0 Å². The predicted octanol–water partition coefficient (Wildman–Crippen LogP) is 1.10. The number of nitrogens with zero attached hydrogens (tertiary/aromatic N) is 3. The van der Waals surface area contributed by atoms with Gasteiger partial charge in [0.1, 0.15) is 0 Å². The molecule has 0 rings (SSSR count). The molecule has 3 nitrogen and oxygen atoms in total. The molecule has 0 aromatic rings. The summed E-state index contributed by atoms with van der Waals surface area (Å²) in [7, 11) is 7.98. The van der Waals surface area contributed by atoms with Crippen molar-refractivity contribution in [3.05, 3.63) is 0 Å². The average molecular weight is 271 g/mol. The molecule has 0 N–H and O–H groups in total. The van der Waals surface area contributed by atoms with Gasteiger partial charge in [0.2, 0.25) is 0 Å². The normalized spacial score (nSPS) is 8.09. The Morgan fingerprint density at radius 3 is 1.55 bits per heavy atom. The number of aliphatic imine (C=N–C) groups is 1. The van der Waals surface area contributed by atoms with Crippen molar-refractivity contribution in [3.8, 4) is 0 Å². The summed E-state index contributed by atoms with van der Waals surface area (Å²) in [5.41, 5.74) is 0. The van der Waals surface area contributed by atoms with Crippen LogP contribution in [0.3, 0.4) is 0 Å². The molecular formula is C7H18IN3. The summed E-state index contributed by atoms with van der Waals surface area (Å²) < 4.78 is 0. The summed E-state index contributed by atoms with van der Waals surface area (Å²) >= 11 is 0. The van der Waals surface area contributed by atoms with Gasteiger partial charge in [0.25, 0.3) is 0 Å². The molecule has 0 heterocycles. The average Bonchev–Trinajstić information content (AvgIpc) is 1.81. The zero-order chi connectivity index (χ0) is 8.15. The minimum absolute atomic E-state index is 0. The standard InChI is InChI=1S/C7H17N3.HI/c1-6-8-7(9(2)3)10(4)5;/h6H2,1-5H3;1H. The molecule has 0 atom stereocenters. The zero-order valence-corrected chi connectivity index (χ0v) is 10.3. The summed E-state index contributed by atoms with van der Waals surface area (Å²) in [6, 6.07) is 0. The fourth-order valence-corrected chi connectivity index (χ4v) is 0.824. The molecule has 68 valence electrons. The molecule has 0 aliphatic heterocycles. The lowest BCUT2D eigenvalue weighted by Gasteiger charge is -2.22. The van der Waals surface area contributed by atoms with Gasteiger partial charge in [-0.3, -0.25) is 4.99 Å². The molecule has 11 heavy (non-hydrogen) atoms. The molecule has 0 aliphatic carbocycles. The summed E-state index contributed by atoms with van der Waals surface area (Å²) in [6.07, 6.45) is 0. The number of hydrogen-bond acceptors (Lipinski definition) is 1. The summed E-state index contributed by atoms with van der Waals surface area (Å²) in [5, 5.41) is 0. The van der Waals surface area contributed by atoms with Crippen LogP contribution in [0.5, 0.6) is 0 Å². The van der Waals surface area contributed by atoms with E-state index in [9.17, 15) is 0 Å². The van der Waals surface area contributed by atoms with Crippen LogP contribution >= 0.6 is 24.0 Å². The molecule has 0 spiro atoms. The highest BCUT2D eigenvalue weighted by molar-refractivity contribution is 14.0. The molecule has 0 unspecified atom stereocenters. The highest BCUT2D eigenvalue weighted by Gasteiger charge is 2.00. The molecule has 0 aromatic heterocycles. The maximum atomic E-state index is 4.29. The van der Waals surface area contributed by atoms with Crippen molar-refractivity contribution >= 4 is 29.9 Å². The lowest BCUT2D eigenvalue weighted by Crippen LogP contribution is -2.35. The van der Waals surface area contributed by atoms with E-state index >= 15 is 0 Å². The number of hydrogen-bond donors (Lipinski definition) is 0. The van der Waals surface area contributed by atoms with Crippen molar-refractivity contribution in [3.63, 3.8) is 0 Å². The molecular weight excluding hydrogens is 253 g/mol. The SMILES string of the molecule is CCN=C(N(C)C)N(C)C.I. The van der Waals surface area contributed by atoms with Crippen molar-refractivity contribution in [2.45, 2.75) is 6.92 Å². The third-order valence-corrected chi connectivity index (χ3v) is 1.10. The van der Waals surface area contributed by atoms with E-state index in [1.807, 2.05) is 44.9 Å². The van der Waals surface area contributed by atoms with Crippen molar-refractivity contribution < 1.29 is 0 Å². The summed E-state index contributed by atoms with van der Waals surface area (Å²) in [4.78, 5) is 8.30. The van der Waals surface area contributed by atoms with Crippen molar-refractivity contribution in [2.75, 3.05) is 34.7 Å². The number of guanidine groups is 1. The van der Waals surface area contributed by atoms with Crippen molar-refractivity contribution in [1.82, 2.24) is 9.80 Å². The van der Waals surface area contributed by atoms with Gasteiger partial charge in [0.15, 0.2) is 5.96 Å². The maximum absolute atomic E-state index is 4.29. The lowest BCUT2D eigenvalue weighted by molar-refractivity contribution is 0.480. The molecule has 0 saturated heterocycles. The molecule has 0 radical (unpaired) electrons. The molecule has 0 bridgehead atoms. The Labute approximate surface area is 86.5 Å². The topological polar surface area (TPSA) is 18.8 Å². The Balaban J connectivity index is 0. The first-order valence-corrected chi connectivity index (χ1v) is 3.48. The Bertz CT molecular complexity index is 111. The second-order valence-corrected chi connectivity index (χ2v) is 2.56. The van der Waals surface area contributed by atoms with Crippen LogP contribution in [-0.4, -0.2) is 50.5 Å². The van der Waals surface area contributed by atoms with Gasteiger partial charge in [-0.25, -0.2) is 0 Å². The predicted molar refractivity (Wildman–Crippen MR) is 60.8 cm³/mol. The number of halogens is 1. The Kier molecular flexibility index (Phi) is 8.26. The highest BCUT2D eigenvalue weighted by Crippen LogP contribution is 1.87. The largest absolute Gasteiger partial charge is 0.349 e. The maximum Gasteiger partial charge on any atom is 0.195 e. The second kappa shape index (κ2) is 6.69. The first-order chi connectivity index (χ1) is 4.59. The molecule has 0 amide bonds. The van der Waals surface area contributed by atoms with E-state index in [4.69, 9.17) is 0 Å². The van der Waals surface area contributed by atoms with Gasteiger partial charge in [0.05, 0.1) is 0 Å².